The van der Waals surface area contributed by atoms with Gasteiger partial charge in [-0.25, -0.2) is 13.8 Å². The Hall–Kier alpha value is -3.13. The smallest absolute Gasteiger partial charge is 0.271 e. The Balaban J connectivity index is 1.68. The first kappa shape index (κ1) is 23.5. The maximum atomic E-state index is 13.2. The summed E-state index contributed by atoms with van der Waals surface area (Å²) in [6.07, 6.45) is 0. The largest absolute Gasteiger partial charge is 0.347 e. The lowest BCUT2D eigenvalue weighted by Gasteiger charge is -2.29. The summed E-state index contributed by atoms with van der Waals surface area (Å²) in [6, 6.07) is 11.9. The van der Waals surface area contributed by atoms with Crippen molar-refractivity contribution < 1.29 is 18.4 Å². The molecule has 5 nitrogen and oxygen atoms in total. The van der Waals surface area contributed by atoms with Crippen molar-refractivity contribution in [3.8, 4) is 0 Å². The molecule has 1 N–H and O–H groups in total. The van der Waals surface area contributed by atoms with Gasteiger partial charge in [0.1, 0.15) is 22.3 Å². The molecule has 0 aliphatic rings. The zero-order valence-electron chi connectivity index (χ0n) is 18.2. The molecule has 3 aromatic rings. The second kappa shape index (κ2) is 9.99. The van der Waals surface area contributed by atoms with Gasteiger partial charge in [0, 0.05) is 23.9 Å². The predicted molar refractivity (Wildman–Crippen MR) is 120 cm³/mol. The van der Waals surface area contributed by atoms with Crippen molar-refractivity contribution in [2.75, 3.05) is 0 Å². The van der Waals surface area contributed by atoms with E-state index in [1.165, 1.54) is 35.6 Å². The van der Waals surface area contributed by atoms with E-state index in [9.17, 15) is 18.4 Å². The monoisotopic (exact) mass is 457 g/mol. The molecule has 3 rings (SSSR count). The fraction of sp³-hybridized carbons (Fsp3) is 0.292. The number of thiazole rings is 1. The van der Waals surface area contributed by atoms with Gasteiger partial charge < -0.3 is 10.2 Å². The quantitative estimate of drug-likeness (QED) is 0.547. The number of benzene rings is 2. The molecule has 0 aliphatic carbocycles. The third-order valence-electron chi connectivity index (χ3n) is 4.69. The number of carbonyl (C=O) groups is 2. The minimum Gasteiger partial charge on any atom is -0.347 e. The van der Waals surface area contributed by atoms with Gasteiger partial charge in [0.25, 0.3) is 5.91 Å². The van der Waals surface area contributed by atoms with Crippen LogP contribution in [0, 0.1) is 17.0 Å². The molecule has 168 valence electrons. The highest BCUT2D eigenvalue weighted by Gasteiger charge is 2.28. The standard InChI is InChI=1S/C24H25F2N3O2S/c1-24(2,3)23(31)29(13-17-6-10-19(26)11-7-17)14-21-28-20(15-32-21)22(30)27-12-16-4-8-18(25)9-5-16/h4-11,15H,12-14H2,1-3H3,(H,27,30). The topological polar surface area (TPSA) is 62.3 Å². The van der Waals surface area contributed by atoms with E-state index in [4.69, 9.17) is 0 Å². The Morgan fingerprint density at radius 1 is 0.938 bits per heavy atom. The predicted octanol–water partition coefficient (Wildman–Crippen LogP) is 4.93. The van der Waals surface area contributed by atoms with Gasteiger partial charge in [0.2, 0.25) is 5.91 Å². The first-order chi connectivity index (χ1) is 15.1. The van der Waals surface area contributed by atoms with Gasteiger partial charge in [-0.3, -0.25) is 9.59 Å². The normalized spacial score (nSPS) is 11.3. The molecule has 0 saturated carbocycles. The number of rotatable bonds is 7. The molecule has 0 radical (unpaired) electrons. The van der Waals surface area contributed by atoms with Crippen LogP contribution in [-0.2, 0) is 24.4 Å². The molecule has 8 heteroatoms. The molecule has 2 aromatic carbocycles. The summed E-state index contributed by atoms with van der Waals surface area (Å²) in [6.45, 7) is 6.31. The highest BCUT2D eigenvalue weighted by atomic mass is 32.1. The van der Waals surface area contributed by atoms with E-state index < -0.39 is 5.41 Å². The number of amides is 2. The SMILES string of the molecule is CC(C)(C)C(=O)N(Cc1ccc(F)cc1)Cc1nc(C(=O)NCc2ccc(F)cc2)cs1. The Labute approximate surface area is 190 Å². The third kappa shape index (κ3) is 6.43. The minimum absolute atomic E-state index is 0.0701. The molecule has 0 fully saturated rings. The van der Waals surface area contributed by atoms with Crippen molar-refractivity contribution in [2.24, 2.45) is 5.41 Å². The van der Waals surface area contributed by atoms with Crippen LogP contribution in [0.3, 0.4) is 0 Å². The number of hydrogen-bond donors (Lipinski definition) is 1. The first-order valence-electron chi connectivity index (χ1n) is 10.1. The second-order valence-electron chi connectivity index (χ2n) is 8.47. The van der Waals surface area contributed by atoms with E-state index in [0.29, 0.717) is 11.6 Å². The lowest BCUT2D eigenvalue weighted by molar-refractivity contribution is -0.140. The molecule has 0 bridgehead atoms. The molecule has 0 unspecified atom stereocenters. The van der Waals surface area contributed by atoms with Crippen LogP contribution in [0.15, 0.2) is 53.9 Å². The lowest BCUT2D eigenvalue weighted by Crippen LogP contribution is -2.38. The fourth-order valence-electron chi connectivity index (χ4n) is 3.01. The number of halogens is 2. The average Bonchev–Trinajstić information content (AvgIpc) is 3.21. The van der Waals surface area contributed by atoms with E-state index in [-0.39, 0.29) is 42.2 Å². The van der Waals surface area contributed by atoms with Crippen LogP contribution in [-0.4, -0.2) is 21.7 Å². The summed E-state index contributed by atoms with van der Waals surface area (Å²) in [5.41, 5.74) is 1.23. The molecule has 0 saturated heterocycles. The van der Waals surface area contributed by atoms with Gasteiger partial charge >= 0.3 is 0 Å². The number of nitrogens with zero attached hydrogens (tertiary/aromatic N) is 2. The third-order valence-corrected chi connectivity index (χ3v) is 5.53. The molecule has 1 aromatic heterocycles. The molecular formula is C24H25F2N3O2S. The highest BCUT2D eigenvalue weighted by Crippen LogP contribution is 2.23. The van der Waals surface area contributed by atoms with Crippen molar-refractivity contribution in [2.45, 2.75) is 40.4 Å². The van der Waals surface area contributed by atoms with Crippen LogP contribution in [0.5, 0.6) is 0 Å². The van der Waals surface area contributed by atoms with Gasteiger partial charge in [0.15, 0.2) is 0 Å². The molecule has 0 spiro atoms. The van der Waals surface area contributed by atoms with Gasteiger partial charge in [-0.15, -0.1) is 11.3 Å². The first-order valence-corrected chi connectivity index (χ1v) is 11.0. The summed E-state index contributed by atoms with van der Waals surface area (Å²) >= 11 is 1.30. The summed E-state index contributed by atoms with van der Waals surface area (Å²) < 4.78 is 26.2. The minimum atomic E-state index is -0.605. The number of nitrogens with one attached hydrogen (secondary N) is 1. The van der Waals surface area contributed by atoms with Gasteiger partial charge in [0.05, 0.1) is 6.54 Å². The van der Waals surface area contributed by atoms with Gasteiger partial charge in [-0.05, 0) is 35.4 Å². The second-order valence-corrected chi connectivity index (χ2v) is 9.42. The zero-order valence-corrected chi connectivity index (χ0v) is 19.0. The molecule has 32 heavy (non-hydrogen) atoms. The van der Waals surface area contributed by atoms with Crippen LogP contribution in [0.2, 0.25) is 0 Å². The summed E-state index contributed by atoms with van der Waals surface area (Å²) in [4.78, 5) is 31.5. The van der Waals surface area contributed by atoms with Crippen molar-refractivity contribution >= 4 is 23.2 Å². The van der Waals surface area contributed by atoms with Crippen LogP contribution in [0.1, 0.15) is 47.4 Å². The number of hydrogen-bond acceptors (Lipinski definition) is 4. The lowest BCUT2D eigenvalue weighted by atomic mass is 9.94. The molecule has 2 amide bonds. The maximum Gasteiger partial charge on any atom is 0.271 e. The average molecular weight is 458 g/mol. The van der Waals surface area contributed by atoms with Crippen LogP contribution in [0.25, 0.3) is 0 Å². The Morgan fingerprint density at radius 2 is 1.50 bits per heavy atom. The zero-order chi connectivity index (χ0) is 23.3. The summed E-state index contributed by atoms with van der Waals surface area (Å²) in [5, 5.41) is 5.03. The van der Waals surface area contributed by atoms with E-state index in [1.807, 2.05) is 20.8 Å². The van der Waals surface area contributed by atoms with Crippen LogP contribution in [0.4, 0.5) is 8.78 Å². The van der Waals surface area contributed by atoms with Crippen molar-refractivity contribution in [1.29, 1.82) is 0 Å². The summed E-state index contributed by atoms with van der Waals surface area (Å²) in [5.74, 6) is -1.08. The maximum absolute atomic E-state index is 13.2. The molecule has 0 aliphatic heterocycles. The van der Waals surface area contributed by atoms with E-state index >= 15 is 0 Å². The van der Waals surface area contributed by atoms with Crippen LogP contribution >= 0.6 is 11.3 Å². The number of aromatic nitrogens is 1. The molecule has 1 heterocycles. The Kier molecular flexibility index (Phi) is 7.35. The van der Waals surface area contributed by atoms with E-state index in [0.717, 1.165) is 11.1 Å². The van der Waals surface area contributed by atoms with Crippen molar-refractivity contribution in [3.05, 3.63) is 87.4 Å². The van der Waals surface area contributed by atoms with Gasteiger partial charge in [-0.1, -0.05) is 45.0 Å². The Morgan fingerprint density at radius 3 is 2.06 bits per heavy atom. The van der Waals surface area contributed by atoms with E-state index in [1.54, 1.807) is 34.5 Å². The van der Waals surface area contributed by atoms with Crippen LogP contribution < -0.4 is 5.32 Å². The summed E-state index contributed by atoms with van der Waals surface area (Å²) in [7, 11) is 0. The van der Waals surface area contributed by atoms with Crippen molar-refractivity contribution in [3.63, 3.8) is 0 Å². The highest BCUT2D eigenvalue weighted by molar-refractivity contribution is 7.09. The number of carbonyl (C=O) groups excluding carboxylic acids is 2. The fourth-order valence-corrected chi connectivity index (χ4v) is 3.80. The molecule has 0 atom stereocenters. The van der Waals surface area contributed by atoms with E-state index in [2.05, 4.69) is 10.3 Å². The Bertz CT molecular complexity index is 1070. The molecular weight excluding hydrogens is 432 g/mol. The van der Waals surface area contributed by atoms with Gasteiger partial charge in [-0.2, -0.15) is 0 Å². The van der Waals surface area contributed by atoms with Crippen molar-refractivity contribution in [1.82, 2.24) is 15.2 Å².